The Hall–Kier alpha value is 0.270. The minimum absolute atomic E-state index is 0.766. The number of halogens is 4. The van der Waals surface area contributed by atoms with E-state index >= 15 is 0 Å². The maximum atomic E-state index is 11.9. The zero-order valence-electron chi connectivity index (χ0n) is 6.09. The van der Waals surface area contributed by atoms with Gasteiger partial charge in [0, 0.05) is 0 Å². The summed E-state index contributed by atoms with van der Waals surface area (Å²) in [4.78, 5) is -1.42. The largest absolute Gasteiger partial charge is 0.401 e. The SMILES string of the molecule is CC(C)(C)C(Br)C(F)(F)F. The highest BCUT2D eigenvalue weighted by atomic mass is 79.9. The fourth-order valence-electron chi connectivity index (χ4n) is 0.491. The third kappa shape index (κ3) is 2.90. The Morgan fingerprint density at radius 2 is 1.40 bits per heavy atom. The lowest BCUT2D eigenvalue weighted by Crippen LogP contribution is -2.34. The van der Waals surface area contributed by atoms with Crippen LogP contribution in [0.5, 0.6) is 0 Å². The van der Waals surface area contributed by atoms with E-state index in [9.17, 15) is 13.2 Å². The molecule has 0 amide bonds. The third-order valence-corrected chi connectivity index (χ3v) is 2.94. The fraction of sp³-hybridized carbons (Fsp3) is 1.00. The van der Waals surface area contributed by atoms with E-state index < -0.39 is 16.4 Å². The van der Waals surface area contributed by atoms with Crippen LogP contribution < -0.4 is 0 Å². The van der Waals surface area contributed by atoms with Gasteiger partial charge in [-0.15, -0.1) is 0 Å². The topological polar surface area (TPSA) is 0 Å². The van der Waals surface area contributed by atoms with Crippen molar-refractivity contribution >= 4 is 15.9 Å². The summed E-state index contributed by atoms with van der Waals surface area (Å²) in [5, 5.41) is 0. The first kappa shape index (κ1) is 10.3. The van der Waals surface area contributed by atoms with Crippen molar-refractivity contribution in [2.75, 3.05) is 0 Å². The van der Waals surface area contributed by atoms with Crippen molar-refractivity contribution in [3.63, 3.8) is 0 Å². The van der Waals surface area contributed by atoms with Gasteiger partial charge in [-0.2, -0.15) is 13.2 Å². The molecule has 0 heterocycles. The molecule has 10 heavy (non-hydrogen) atoms. The van der Waals surface area contributed by atoms with Gasteiger partial charge in [-0.05, 0) is 5.41 Å². The van der Waals surface area contributed by atoms with E-state index in [0.717, 1.165) is 0 Å². The quantitative estimate of drug-likeness (QED) is 0.548. The van der Waals surface area contributed by atoms with Gasteiger partial charge in [-0.1, -0.05) is 36.7 Å². The highest BCUT2D eigenvalue weighted by Crippen LogP contribution is 2.38. The molecule has 0 aliphatic heterocycles. The molecule has 0 spiro atoms. The second-order valence-corrected chi connectivity index (χ2v) is 4.19. The van der Waals surface area contributed by atoms with Crippen LogP contribution in [0.2, 0.25) is 0 Å². The molecular formula is C6H10BrF3. The van der Waals surface area contributed by atoms with Crippen molar-refractivity contribution < 1.29 is 13.2 Å². The average molecular weight is 219 g/mol. The molecule has 0 N–H and O–H groups in total. The van der Waals surface area contributed by atoms with E-state index in [1.54, 1.807) is 20.8 Å². The van der Waals surface area contributed by atoms with Gasteiger partial charge in [0.25, 0.3) is 0 Å². The lowest BCUT2D eigenvalue weighted by molar-refractivity contribution is -0.143. The number of rotatable bonds is 0. The summed E-state index contributed by atoms with van der Waals surface area (Å²) in [6, 6.07) is 0. The van der Waals surface area contributed by atoms with Crippen LogP contribution in [0.15, 0.2) is 0 Å². The molecule has 0 nitrogen and oxygen atoms in total. The predicted octanol–water partition coefficient (Wildman–Crippen LogP) is 3.36. The van der Waals surface area contributed by atoms with Gasteiger partial charge in [0.05, 0.1) is 0 Å². The summed E-state index contributed by atoms with van der Waals surface area (Å²) in [6.07, 6.45) is -4.14. The monoisotopic (exact) mass is 218 g/mol. The van der Waals surface area contributed by atoms with Gasteiger partial charge in [-0.3, -0.25) is 0 Å². The molecule has 0 rings (SSSR count). The van der Waals surface area contributed by atoms with Gasteiger partial charge in [0.15, 0.2) is 0 Å². The Bertz CT molecular complexity index is 97.1. The van der Waals surface area contributed by atoms with Crippen LogP contribution in [0.1, 0.15) is 20.8 Å². The molecule has 0 bridgehead atoms. The lowest BCUT2D eigenvalue weighted by atomic mass is 9.92. The fourth-order valence-corrected chi connectivity index (χ4v) is 0.491. The van der Waals surface area contributed by atoms with Gasteiger partial charge < -0.3 is 0 Å². The Labute approximate surface area is 66.9 Å². The van der Waals surface area contributed by atoms with Crippen molar-refractivity contribution in [3.05, 3.63) is 0 Å². The standard InChI is InChI=1S/C6H10BrF3/c1-5(2,3)4(7)6(8,9)10/h4H,1-3H3. The van der Waals surface area contributed by atoms with E-state index in [2.05, 4.69) is 15.9 Å². The molecule has 62 valence electrons. The van der Waals surface area contributed by atoms with Crippen LogP contribution in [0, 0.1) is 5.41 Å². The van der Waals surface area contributed by atoms with Gasteiger partial charge in [0.1, 0.15) is 4.83 Å². The predicted molar refractivity (Wildman–Crippen MR) is 38.2 cm³/mol. The van der Waals surface area contributed by atoms with E-state index in [4.69, 9.17) is 0 Å². The third-order valence-electron chi connectivity index (χ3n) is 1.05. The molecule has 4 heteroatoms. The number of hydrogen-bond acceptors (Lipinski definition) is 0. The van der Waals surface area contributed by atoms with Crippen molar-refractivity contribution in [1.29, 1.82) is 0 Å². The van der Waals surface area contributed by atoms with Crippen LogP contribution in [0.3, 0.4) is 0 Å². The number of alkyl halides is 4. The molecule has 0 aliphatic carbocycles. The summed E-state index contributed by atoms with van der Waals surface area (Å²) in [7, 11) is 0. The van der Waals surface area contributed by atoms with Gasteiger partial charge in [0.2, 0.25) is 0 Å². The molecule has 0 aromatic carbocycles. The van der Waals surface area contributed by atoms with Crippen molar-refractivity contribution in [3.8, 4) is 0 Å². The zero-order valence-corrected chi connectivity index (χ0v) is 7.68. The minimum atomic E-state index is -4.14. The molecule has 0 saturated carbocycles. The van der Waals surface area contributed by atoms with Crippen molar-refractivity contribution in [1.82, 2.24) is 0 Å². The second-order valence-electron chi connectivity index (χ2n) is 3.27. The summed E-state index contributed by atoms with van der Waals surface area (Å²) in [6.45, 7) is 4.62. The Kier molecular flexibility index (Phi) is 2.79. The van der Waals surface area contributed by atoms with Crippen LogP contribution in [-0.2, 0) is 0 Å². The molecule has 0 aromatic rings. The normalized spacial score (nSPS) is 17.1. The average Bonchev–Trinajstić information content (AvgIpc) is 1.59. The first-order valence-corrected chi connectivity index (χ1v) is 3.78. The molecule has 0 saturated heterocycles. The van der Waals surface area contributed by atoms with Crippen LogP contribution in [-0.4, -0.2) is 11.0 Å². The molecule has 1 unspecified atom stereocenters. The van der Waals surface area contributed by atoms with E-state index in [1.807, 2.05) is 0 Å². The smallest absolute Gasteiger partial charge is 0.170 e. The summed E-state index contributed by atoms with van der Waals surface area (Å²) in [5.74, 6) is 0. The van der Waals surface area contributed by atoms with E-state index in [1.165, 1.54) is 0 Å². The molecule has 0 radical (unpaired) electrons. The maximum absolute atomic E-state index is 11.9. The Morgan fingerprint density at radius 1 is 1.10 bits per heavy atom. The lowest BCUT2D eigenvalue weighted by Gasteiger charge is -2.27. The van der Waals surface area contributed by atoms with E-state index in [-0.39, 0.29) is 0 Å². The first-order valence-electron chi connectivity index (χ1n) is 2.86. The van der Waals surface area contributed by atoms with Gasteiger partial charge in [-0.25, -0.2) is 0 Å². The summed E-state index contributed by atoms with van der Waals surface area (Å²) < 4.78 is 35.7. The van der Waals surface area contributed by atoms with E-state index in [0.29, 0.717) is 0 Å². The van der Waals surface area contributed by atoms with Crippen LogP contribution >= 0.6 is 15.9 Å². The molecular weight excluding hydrogens is 209 g/mol. The van der Waals surface area contributed by atoms with Crippen molar-refractivity contribution in [2.24, 2.45) is 5.41 Å². The number of hydrogen-bond donors (Lipinski definition) is 0. The Morgan fingerprint density at radius 3 is 1.40 bits per heavy atom. The Balaban J connectivity index is 4.23. The molecule has 0 fully saturated rings. The summed E-state index contributed by atoms with van der Waals surface area (Å²) >= 11 is 2.59. The second kappa shape index (κ2) is 2.72. The van der Waals surface area contributed by atoms with Crippen LogP contribution in [0.4, 0.5) is 13.2 Å². The first-order chi connectivity index (χ1) is 4.15. The van der Waals surface area contributed by atoms with Crippen LogP contribution in [0.25, 0.3) is 0 Å². The highest BCUT2D eigenvalue weighted by molar-refractivity contribution is 9.09. The summed E-state index contributed by atoms with van der Waals surface area (Å²) in [5.41, 5.74) is -0.766. The molecule has 1 atom stereocenters. The molecule has 0 aliphatic rings. The molecule has 0 aromatic heterocycles. The van der Waals surface area contributed by atoms with Gasteiger partial charge >= 0.3 is 6.18 Å². The highest BCUT2D eigenvalue weighted by Gasteiger charge is 2.44. The minimum Gasteiger partial charge on any atom is -0.170 e. The van der Waals surface area contributed by atoms with Crippen molar-refractivity contribution in [2.45, 2.75) is 31.8 Å². The maximum Gasteiger partial charge on any atom is 0.401 e. The zero-order chi connectivity index (χ0) is 8.58.